The molecule has 20 heavy (non-hydrogen) atoms. The molecule has 0 fully saturated rings. The van der Waals surface area contributed by atoms with E-state index in [-0.39, 0.29) is 11.5 Å². The van der Waals surface area contributed by atoms with Crippen LogP contribution in [0.5, 0.6) is 23.0 Å². The van der Waals surface area contributed by atoms with Gasteiger partial charge in [0.2, 0.25) is 0 Å². The lowest BCUT2D eigenvalue weighted by Gasteiger charge is -2.14. The van der Waals surface area contributed by atoms with Crippen LogP contribution in [0.4, 0.5) is 0 Å². The van der Waals surface area contributed by atoms with Crippen LogP contribution < -0.4 is 9.47 Å². The summed E-state index contributed by atoms with van der Waals surface area (Å²) in [5.74, 6) is 1.26. The molecule has 0 unspecified atom stereocenters. The van der Waals surface area contributed by atoms with Crippen molar-refractivity contribution in [2.75, 3.05) is 13.2 Å². The number of phenols is 2. The predicted molar refractivity (Wildman–Crippen MR) is 77.5 cm³/mol. The molecule has 4 heteroatoms. The summed E-state index contributed by atoms with van der Waals surface area (Å²) in [5.41, 5.74) is 1.69. The zero-order valence-corrected chi connectivity index (χ0v) is 11.6. The smallest absolute Gasteiger partial charge is 0.161 e. The van der Waals surface area contributed by atoms with Crippen molar-refractivity contribution in [3.63, 3.8) is 0 Å². The van der Waals surface area contributed by atoms with Crippen LogP contribution in [-0.4, -0.2) is 23.4 Å². The van der Waals surface area contributed by atoms with Gasteiger partial charge >= 0.3 is 0 Å². The summed E-state index contributed by atoms with van der Waals surface area (Å²) >= 11 is 0. The Kier molecular flexibility index (Phi) is 4.35. The third-order valence-corrected chi connectivity index (χ3v) is 2.84. The van der Waals surface area contributed by atoms with Crippen LogP contribution in [0.1, 0.15) is 13.8 Å². The molecule has 0 aliphatic carbocycles. The van der Waals surface area contributed by atoms with Crippen LogP contribution in [0.15, 0.2) is 36.4 Å². The molecule has 0 amide bonds. The van der Waals surface area contributed by atoms with Crippen molar-refractivity contribution in [2.24, 2.45) is 0 Å². The average Bonchev–Trinajstić information content (AvgIpc) is 2.43. The lowest BCUT2D eigenvalue weighted by molar-refractivity contribution is 0.311. The number of benzene rings is 2. The molecule has 4 nitrogen and oxygen atoms in total. The van der Waals surface area contributed by atoms with E-state index < -0.39 is 0 Å². The molecule has 0 aliphatic rings. The highest BCUT2D eigenvalue weighted by molar-refractivity contribution is 5.74. The molecule has 2 rings (SSSR count). The van der Waals surface area contributed by atoms with Gasteiger partial charge in [-0.25, -0.2) is 0 Å². The third-order valence-electron chi connectivity index (χ3n) is 2.84. The summed E-state index contributed by atoms with van der Waals surface area (Å²) in [5, 5.41) is 19.3. The molecule has 0 saturated carbocycles. The standard InChI is InChI=1S/C16H18O4/c1-3-19-15-10-14(18)16(20-4-2)9-13(15)11-5-7-12(17)8-6-11/h5-10,17-18H,3-4H2,1-2H3. The highest BCUT2D eigenvalue weighted by Crippen LogP contribution is 2.40. The van der Waals surface area contributed by atoms with Gasteiger partial charge in [-0.3, -0.25) is 0 Å². The second kappa shape index (κ2) is 6.19. The van der Waals surface area contributed by atoms with Gasteiger partial charge in [-0.15, -0.1) is 0 Å². The normalized spacial score (nSPS) is 10.3. The highest BCUT2D eigenvalue weighted by atomic mass is 16.5. The minimum atomic E-state index is 0.0535. The highest BCUT2D eigenvalue weighted by Gasteiger charge is 2.13. The quantitative estimate of drug-likeness (QED) is 0.875. The molecule has 0 spiro atoms. The number of hydrogen-bond acceptors (Lipinski definition) is 4. The van der Waals surface area contributed by atoms with Gasteiger partial charge in [0.05, 0.1) is 13.2 Å². The van der Waals surface area contributed by atoms with Crippen molar-refractivity contribution >= 4 is 0 Å². The minimum absolute atomic E-state index is 0.0535. The Morgan fingerprint density at radius 2 is 1.45 bits per heavy atom. The van der Waals surface area contributed by atoms with Crippen molar-refractivity contribution < 1.29 is 19.7 Å². The number of aromatic hydroxyl groups is 2. The van der Waals surface area contributed by atoms with Crippen LogP contribution in [-0.2, 0) is 0 Å². The summed E-state index contributed by atoms with van der Waals surface area (Å²) in [4.78, 5) is 0. The summed E-state index contributed by atoms with van der Waals surface area (Å²) in [6, 6.07) is 10.1. The molecule has 0 heterocycles. The van der Waals surface area contributed by atoms with E-state index in [4.69, 9.17) is 9.47 Å². The Hall–Kier alpha value is -2.36. The molecule has 0 saturated heterocycles. The minimum Gasteiger partial charge on any atom is -0.508 e. The third kappa shape index (κ3) is 2.96. The van der Waals surface area contributed by atoms with E-state index in [0.29, 0.717) is 24.7 Å². The zero-order valence-electron chi connectivity index (χ0n) is 11.6. The topological polar surface area (TPSA) is 58.9 Å². The van der Waals surface area contributed by atoms with E-state index in [9.17, 15) is 10.2 Å². The largest absolute Gasteiger partial charge is 0.508 e. The molecule has 0 radical (unpaired) electrons. The van der Waals surface area contributed by atoms with E-state index >= 15 is 0 Å². The van der Waals surface area contributed by atoms with E-state index in [0.717, 1.165) is 11.1 Å². The summed E-state index contributed by atoms with van der Waals surface area (Å²) in [6.45, 7) is 4.71. The Bertz CT molecular complexity index is 576. The fraction of sp³-hybridized carbons (Fsp3) is 0.250. The van der Waals surface area contributed by atoms with Gasteiger partial charge in [0.1, 0.15) is 11.5 Å². The first-order chi connectivity index (χ1) is 9.65. The molecule has 2 aromatic carbocycles. The molecule has 0 aromatic heterocycles. The van der Waals surface area contributed by atoms with Crippen LogP contribution in [0.2, 0.25) is 0 Å². The lowest BCUT2D eigenvalue weighted by atomic mass is 10.0. The Morgan fingerprint density at radius 3 is 2.05 bits per heavy atom. The number of hydrogen-bond donors (Lipinski definition) is 2. The number of rotatable bonds is 5. The Morgan fingerprint density at radius 1 is 0.850 bits per heavy atom. The van der Waals surface area contributed by atoms with Crippen molar-refractivity contribution in [1.82, 2.24) is 0 Å². The Balaban J connectivity index is 2.52. The van der Waals surface area contributed by atoms with Gasteiger partial charge < -0.3 is 19.7 Å². The van der Waals surface area contributed by atoms with Gasteiger partial charge in [0.15, 0.2) is 11.5 Å². The fourth-order valence-electron chi connectivity index (χ4n) is 1.96. The summed E-state index contributed by atoms with van der Waals surface area (Å²) in [6.07, 6.45) is 0. The van der Waals surface area contributed by atoms with Gasteiger partial charge in [0, 0.05) is 11.6 Å². The zero-order chi connectivity index (χ0) is 14.5. The first kappa shape index (κ1) is 14.1. The van der Waals surface area contributed by atoms with Crippen LogP contribution >= 0.6 is 0 Å². The Labute approximate surface area is 118 Å². The van der Waals surface area contributed by atoms with Gasteiger partial charge in [-0.2, -0.15) is 0 Å². The van der Waals surface area contributed by atoms with Crippen LogP contribution in [0, 0.1) is 0 Å². The van der Waals surface area contributed by atoms with Crippen molar-refractivity contribution in [3.05, 3.63) is 36.4 Å². The number of phenolic OH excluding ortho intramolecular Hbond substituents is 2. The first-order valence-corrected chi connectivity index (χ1v) is 6.57. The average molecular weight is 274 g/mol. The first-order valence-electron chi connectivity index (χ1n) is 6.57. The molecule has 2 N–H and O–H groups in total. The van der Waals surface area contributed by atoms with Crippen molar-refractivity contribution in [3.8, 4) is 34.1 Å². The molecule has 0 atom stereocenters. The molecule has 106 valence electrons. The van der Waals surface area contributed by atoms with E-state index in [2.05, 4.69) is 0 Å². The SMILES string of the molecule is CCOc1cc(-c2ccc(O)cc2)c(OCC)cc1O. The molecular weight excluding hydrogens is 256 g/mol. The van der Waals surface area contributed by atoms with E-state index in [1.54, 1.807) is 36.4 Å². The van der Waals surface area contributed by atoms with Crippen molar-refractivity contribution in [2.45, 2.75) is 13.8 Å². The maximum Gasteiger partial charge on any atom is 0.161 e. The van der Waals surface area contributed by atoms with Crippen LogP contribution in [0.25, 0.3) is 11.1 Å². The molecule has 0 bridgehead atoms. The molecular formula is C16H18O4. The monoisotopic (exact) mass is 274 g/mol. The van der Waals surface area contributed by atoms with E-state index in [1.807, 2.05) is 13.8 Å². The van der Waals surface area contributed by atoms with E-state index in [1.165, 1.54) is 0 Å². The predicted octanol–water partition coefficient (Wildman–Crippen LogP) is 3.56. The van der Waals surface area contributed by atoms with Gasteiger partial charge in [-0.1, -0.05) is 12.1 Å². The lowest BCUT2D eigenvalue weighted by Crippen LogP contribution is -1.97. The fourth-order valence-corrected chi connectivity index (χ4v) is 1.96. The number of ether oxygens (including phenoxy) is 2. The second-order valence-electron chi connectivity index (χ2n) is 4.23. The van der Waals surface area contributed by atoms with Gasteiger partial charge in [-0.05, 0) is 37.6 Å². The van der Waals surface area contributed by atoms with Gasteiger partial charge in [0.25, 0.3) is 0 Å². The second-order valence-corrected chi connectivity index (χ2v) is 4.23. The maximum absolute atomic E-state index is 9.92. The molecule has 2 aromatic rings. The summed E-state index contributed by atoms with van der Waals surface area (Å²) in [7, 11) is 0. The summed E-state index contributed by atoms with van der Waals surface area (Å²) < 4.78 is 11.0. The van der Waals surface area contributed by atoms with Crippen molar-refractivity contribution in [1.29, 1.82) is 0 Å². The van der Waals surface area contributed by atoms with Crippen LogP contribution in [0.3, 0.4) is 0 Å². The maximum atomic E-state index is 9.92. The molecule has 0 aliphatic heterocycles.